The van der Waals surface area contributed by atoms with Gasteiger partial charge in [0.15, 0.2) is 0 Å². The van der Waals surface area contributed by atoms with Crippen LogP contribution in [-0.2, 0) is 4.74 Å². The minimum atomic E-state index is -1.11. The second-order valence-electron chi connectivity index (χ2n) is 3.39. The van der Waals surface area contributed by atoms with E-state index in [1.807, 2.05) is 6.92 Å². The van der Waals surface area contributed by atoms with Crippen LogP contribution in [0.1, 0.15) is 34.1 Å². The van der Waals surface area contributed by atoms with Crippen molar-refractivity contribution in [3.8, 4) is 5.75 Å². The molecule has 0 aromatic heterocycles. The number of carboxylic acids is 1. The van der Waals surface area contributed by atoms with Crippen LogP contribution in [0.3, 0.4) is 0 Å². The van der Waals surface area contributed by atoms with Gasteiger partial charge in [0.1, 0.15) is 5.75 Å². The van der Waals surface area contributed by atoms with Gasteiger partial charge >= 0.3 is 11.9 Å². The molecule has 0 radical (unpaired) electrons. The van der Waals surface area contributed by atoms with Crippen molar-refractivity contribution in [3.05, 3.63) is 29.3 Å². The highest BCUT2D eigenvalue weighted by molar-refractivity contribution is 5.95. The predicted octanol–water partition coefficient (Wildman–Crippen LogP) is 1.96. The van der Waals surface area contributed by atoms with Crippen LogP contribution in [0.4, 0.5) is 0 Å². The van der Waals surface area contributed by atoms with E-state index >= 15 is 0 Å². The summed E-state index contributed by atoms with van der Waals surface area (Å²) < 4.78 is 9.85. The van der Waals surface area contributed by atoms with Gasteiger partial charge in [-0.3, -0.25) is 0 Å². The Hall–Kier alpha value is -2.04. The standard InChI is InChI=1S/C12H14O5/c1-3-4-17-10-6-8(11(13)14)5-9(7-10)12(15)16-2/h5-7H,3-4H2,1-2H3,(H,13,14). The summed E-state index contributed by atoms with van der Waals surface area (Å²) in [6.07, 6.45) is 0.796. The number of ether oxygens (including phenoxy) is 2. The molecule has 1 rings (SSSR count). The summed E-state index contributed by atoms with van der Waals surface area (Å²) in [4.78, 5) is 22.2. The van der Waals surface area contributed by atoms with Gasteiger partial charge in [-0.1, -0.05) is 6.92 Å². The van der Waals surface area contributed by atoms with Gasteiger partial charge in [0, 0.05) is 0 Å². The number of rotatable bonds is 5. The van der Waals surface area contributed by atoms with Gasteiger partial charge in [-0.05, 0) is 24.6 Å². The Labute approximate surface area is 99.0 Å². The molecule has 0 aliphatic heterocycles. The second-order valence-corrected chi connectivity index (χ2v) is 3.39. The number of hydrogen-bond acceptors (Lipinski definition) is 4. The molecule has 5 heteroatoms. The van der Waals surface area contributed by atoms with Crippen molar-refractivity contribution in [2.75, 3.05) is 13.7 Å². The van der Waals surface area contributed by atoms with Gasteiger partial charge in [0.25, 0.3) is 0 Å². The maximum Gasteiger partial charge on any atom is 0.338 e. The molecule has 0 unspecified atom stereocenters. The van der Waals surface area contributed by atoms with E-state index in [1.54, 1.807) is 0 Å². The lowest BCUT2D eigenvalue weighted by atomic mass is 10.1. The molecule has 0 aliphatic rings. The molecule has 0 saturated carbocycles. The average molecular weight is 238 g/mol. The van der Waals surface area contributed by atoms with Crippen molar-refractivity contribution in [3.63, 3.8) is 0 Å². The molecule has 0 heterocycles. The normalized spacial score (nSPS) is 9.76. The quantitative estimate of drug-likeness (QED) is 0.794. The topological polar surface area (TPSA) is 72.8 Å². The molecule has 0 spiro atoms. The van der Waals surface area contributed by atoms with Crippen molar-refractivity contribution in [1.82, 2.24) is 0 Å². The van der Waals surface area contributed by atoms with Gasteiger partial charge < -0.3 is 14.6 Å². The average Bonchev–Trinajstić information content (AvgIpc) is 2.34. The molecule has 0 saturated heterocycles. The van der Waals surface area contributed by atoms with E-state index in [-0.39, 0.29) is 11.1 Å². The Morgan fingerprint density at radius 3 is 2.41 bits per heavy atom. The summed E-state index contributed by atoms with van der Waals surface area (Å²) in [7, 11) is 1.24. The van der Waals surface area contributed by atoms with E-state index in [2.05, 4.69) is 4.74 Å². The predicted molar refractivity (Wildman–Crippen MR) is 60.5 cm³/mol. The Bertz CT molecular complexity index is 425. The SMILES string of the molecule is CCCOc1cc(C(=O)O)cc(C(=O)OC)c1. The molecule has 0 fully saturated rings. The highest BCUT2D eigenvalue weighted by atomic mass is 16.5. The van der Waals surface area contributed by atoms with Crippen molar-refractivity contribution in [1.29, 1.82) is 0 Å². The summed E-state index contributed by atoms with van der Waals surface area (Å²) >= 11 is 0. The third-order valence-electron chi connectivity index (χ3n) is 2.05. The summed E-state index contributed by atoms with van der Waals surface area (Å²) in [5, 5.41) is 8.91. The molecule has 0 atom stereocenters. The Kier molecular flexibility index (Phi) is 4.51. The number of methoxy groups -OCH3 is 1. The van der Waals surface area contributed by atoms with Crippen LogP contribution in [0, 0.1) is 0 Å². The Morgan fingerprint density at radius 2 is 1.88 bits per heavy atom. The zero-order valence-corrected chi connectivity index (χ0v) is 9.73. The van der Waals surface area contributed by atoms with Crippen LogP contribution in [0.25, 0.3) is 0 Å². The number of aromatic carboxylic acids is 1. The summed E-state index contributed by atoms with van der Waals surface area (Å²) in [5.41, 5.74) is 0.164. The van der Waals surface area contributed by atoms with E-state index in [9.17, 15) is 9.59 Å². The van der Waals surface area contributed by atoms with Crippen molar-refractivity contribution in [2.24, 2.45) is 0 Å². The van der Waals surface area contributed by atoms with Crippen LogP contribution in [-0.4, -0.2) is 30.8 Å². The van der Waals surface area contributed by atoms with E-state index in [4.69, 9.17) is 9.84 Å². The number of esters is 1. The fourth-order valence-corrected chi connectivity index (χ4v) is 1.26. The highest BCUT2D eigenvalue weighted by Gasteiger charge is 2.13. The first kappa shape index (κ1) is 13.0. The van der Waals surface area contributed by atoms with Crippen molar-refractivity contribution >= 4 is 11.9 Å². The number of carboxylic acid groups (broad SMARTS) is 1. The molecular formula is C12H14O5. The number of carbonyl (C=O) groups excluding carboxylic acids is 1. The fraction of sp³-hybridized carbons (Fsp3) is 0.333. The maximum absolute atomic E-state index is 11.3. The molecule has 0 bridgehead atoms. The molecule has 5 nitrogen and oxygen atoms in total. The number of benzene rings is 1. The Balaban J connectivity index is 3.09. The number of carbonyl (C=O) groups is 2. The molecule has 1 aromatic carbocycles. The lowest BCUT2D eigenvalue weighted by molar-refractivity contribution is 0.0600. The second kappa shape index (κ2) is 5.89. The smallest absolute Gasteiger partial charge is 0.338 e. The van der Waals surface area contributed by atoms with Gasteiger partial charge in [-0.15, -0.1) is 0 Å². The summed E-state index contributed by atoms with van der Waals surface area (Å²) in [5.74, 6) is -1.35. The molecule has 0 aliphatic carbocycles. The fourth-order valence-electron chi connectivity index (χ4n) is 1.26. The van der Waals surface area contributed by atoms with Gasteiger partial charge in [0.2, 0.25) is 0 Å². The van der Waals surface area contributed by atoms with Crippen LogP contribution < -0.4 is 4.74 Å². The van der Waals surface area contributed by atoms with E-state index in [0.717, 1.165) is 6.42 Å². The van der Waals surface area contributed by atoms with Gasteiger partial charge in [0.05, 0.1) is 24.8 Å². The molecule has 17 heavy (non-hydrogen) atoms. The van der Waals surface area contributed by atoms with Crippen molar-refractivity contribution in [2.45, 2.75) is 13.3 Å². The zero-order valence-electron chi connectivity index (χ0n) is 9.73. The molecular weight excluding hydrogens is 224 g/mol. The molecule has 0 amide bonds. The first-order chi connectivity index (χ1) is 8.08. The van der Waals surface area contributed by atoms with E-state index < -0.39 is 11.9 Å². The van der Waals surface area contributed by atoms with E-state index in [1.165, 1.54) is 25.3 Å². The maximum atomic E-state index is 11.3. The van der Waals surface area contributed by atoms with Crippen LogP contribution in [0.2, 0.25) is 0 Å². The minimum absolute atomic E-state index is 0.000923. The highest BCUT2D eigenvalue weighted by Crippen LogP contribution is 2.18. The summed E-state index contributed by atoms with van der Waals surface area (Å²) in [6, 6.07) is 4.10. The minimum Gasteiger partial charge on any atom is -0.494 e. The van der Waals surface area contributed by atoms with Crippen LogP contribution >= 0.6 is 0 Å². The molecule has 1 N–H and O–H groups in total. The molecule has 1 aromatic rings. The first-order valence-electron chi connectivity index (χ1n) is 5.18. The zero-order chi connectivity index (χ0) is 12.8. The van der Waals surface area contributed by atoms with Crippen LogP contribution in [0.15, 0.2) is 18.2 Å². The monoisotopic (exact) mass is 238 g/mol. The lowest BCUT2D eigenvalue weighted by Gasteiger charge is -2.08. The third kappa shape index (κ3) is 3.48. The van der Waals surface area contributed by atoms with Crippen molar-refractivity contribution < 1.29 is 24.2 Å². The Morgan fingerprint density at radius 1 is 1.24 bits per heavy atom. The number of hydrogen-bond donors (Lipinski definition) is 1. The summed E-state index contributed by atoms with van der Waals surface area (Å²) in [6.45, 7) is 2.39. The first-order valence-corrected chi connectivity index (χ1v) is 5.18. The van der Waals surface area contributed by atoms with Crippen LogP contribution in [0.5, 0.6) is 5.75 Å². The third-order valence-corrected chi connectivity index (χ3v) is 2.05. The lowest BCUT2D eigenvalue weighted by Crippen LogP contribution is -2.06. The van der Waals surface area contributed by atoms with Gasteiger partial charge in [-0.25, -0.2) is 9.59 Å². The van der Waals surface area contributed by atoms with Gasteiger partial charge in [-0.2, -0.15) is 0 Å². The largest absolute Gasteiger partial charge is 0.494 e. The molecule has 92 valence electrons. The van der Waals surface area contributed by atoms with E-state index in [0.29, 0.717) is 12.4 Å².